The molecule has 1 atom stereocenters. The number of carbonyl (C=O) groups excluding carboxylic acids is 1. The minimum Gasteiger partial charge on any atom is -0.588 e. The molecule has 0 aliphatic heterocycles. The van der Waals surface area contributed by atoms with Crippen molar-refractivity contribution >= 4 is 33.9 Å². The van der Waals surface area contributed by atoms with Gasteiger partial charge in [0.15, 0.2) is 10.7 Å². The summed E-state index contributed by atoms with van der Waals surface area (Å²) in [5.41, 5.74) is 3.38. The molecule has 30 heavy (non-hydrogen) atoms. The van der Waals surface area contributed by atoms with Crippen LogP contribution in [0.1, 0.15) is 17.5 Å². The highest BCUT2D eigenvalue weighted by Gasteiger charge is 2.23. The van der Waals surface area contributed by atoms with Crippen LogP contribution in [-0.2, 0) is 11.4 Å². The Morgan fingerprint density at radius 1 is 1.03 bits per heavy atom. The molecule has 0 aliphatic carbocycles. The third kappa shape index (κ3) is 4.06. The Bertz CT molecular complexity index is 1170. The van der Waals surface area contributed by atoms with Gasteiger partial charge in [0, 0.05) is 36.3 Å². The quantitative estimate of drug-likeness (QED) is 0.447. The summed E-state index contributed by atoms with van der Waals surface area (Å²) in [6.07, 6.45) is 0. The predicted octanol–water partition coefficient (Wildman–Crippen LogP) is 5.01. The van der Waals surface area contributed by atoms with Gasteiger partial charge in [-0.05, 0) is 42.8 Å². The van der Waals surface area contributed by atoms with E-state index in [-0.39, 0.29) is 5.76 Å². The Hall–Kier alpha value is -3.22. The zero-order valence-electron chi connectivity index (χ0n) is 16.8. The average molecular weight is 419 g/mol. The van der Waals surface area contributed by atoms with Gasteiger partial charge in [0.1, 0.15) is 16.9 Å². The van der Waals surface area contributed by atoms with E-state index in [2.05, 4.69) is 16.5 Å². The lowest BCUT2D eigenvalue weighted by atomic mass is 10.1. The lowest BCUT2D eigenvalue weighted by molar-refractivity contribution is 0.0956. The average Bonchev–Trinajstić information content (AvgIpc) is 3.22. The van der Waals surface area contributed by atoms with Crippen LogP contribution in [0.3, 0.4) is 0 Å². The highest BCUT2D eigenvalue weighted by atomic mass is 32.2. The van der Waals surface area contributed by atoms with Crippen molar-refractivity contribution in [1.29, 1.82) is 0 Å². The van der Waals surface area contributed by atoms with Crippen LogP contribution in [0.15, 0.2) is 88.2 Å². The summed E-state index contributed by atoms with van der Waals surface area (Å²) in [5.74, 6) is -0.385. The molecule has 0 bridgehead atoms. The van der Waals surface area contributed by atoms with Crippen molar-refractivity contribution < 1.29 is 13.8 Å². The minimum absolute atomic E-state index is 0.131. The molecule has 4 rings (SSSR count). The van der Waals surface area contributed by atoms with Crippen LogP contribution in [0.25, 0.3) is 22.1 Å². The number of rotatable bonds is 6. The molecule has 0 aliphatic rings. The van der Waals surface area contributed by atoms with Crippen LogP contribution in [0.4, 0.5) is 5.69 Å². The fourth-order valence-corrected chi connectivity index (χ4v) is 4.19. The van der Waals surface area contributed by atoms with Crippen LogP contribution in [0.2, 0.25) is 0 Å². The number of nitrogens with one attached hydrogen (secondary N) is 1. The van der Waals surface area contributed by atoms with Gasteiger partial charge in [-0.1, -0.05) is 42.5 Å². The molecule has 4 aromatic rings. The van der Waals surface area contributed by atoms with Gasteiger partial charge in [0.2, 0.25) is 0 Å². The number of hydrogen-bond acceptors (Lipinski definition) is 4. The molecule has 1 heterocycles. The van der Waals surface area contributed by atoms with Crippen molar-refractivity contribution in [2.24, 2.45) is 0 Å². The molecule has 0 fully saturated rings. The fourth-order valence-electron chi connectivity index (χ4n) is 3.23. The maximum atomic E-state index is 13.0. The first-order valence-electron chi connectivity index (χ1n) is 9.68. The highest BCUT2D eigenvalue weighted by Crippen LogP contribution is 2.28. The van der Waals surface area contributed by atoms with Gasteiger partial charge >= 0.3 is 5.91 Å². The Kier molecular flexibility index (Phi) is 5.79. The van der Waals surface area contributed by atoms with Gasteiger partial charge in [-0.3, -0.25) is 4.79 Å². The molecular formula is C24H22N2O3S. The van der Waals surface area contributed by atoms with E-state index in [1.165, 1.54) is 0 Å². The van der Waals surface area contributed by atoms with E-state index in [1.54, 1.807) is 18.2 Å². The molecule has 6 heteroatoms. The summed E-state index contributed by atoms with van der Waals surface area (Å²) in [7, 11) is 1.99. The summed E-state index contributed by atoms with van der Waals surface area (Å²) < 4.78 is 21.3. The Labute approximate surface area is 178 Å². The minimum atomic E-state index is -1.73. The second-order valence-corrected chi connectivity index (χ2v) is 8.09. The van der Waals surface area contributed by atoms with Gasteiger partial charge in [-0.15, -0.1) is 0 Å². The number of amides is 1. The number of furan rings is 1. The van der Waals surface area contributed by atoms with Crippen LogP contribution in [0, 0.1) is 0 Å². The third-order valence-corrected chi connectivity index (χ3v) is 6.13. The molecule has 0 saturated carbocycles. The highest BCUT2D eigenvalue weighted by molar-refractivity contribution is 7.90. The third-order valence-electron chi connectivity index (χ3n) is 5.00. The number of carbonyl (C=O) groups is 1. The summed E-state index contributed by atoms with van der Waals surface area (Å²) in [5, 5.41) is 0.823. The van der Waals surface area contributed by atoms with E-state index in [0.29, 0.717) is 10.5 Å². The molecule has 1 N–H and O–H groups in total. The van der Waals surface area contributed by atoms with E-state index in [4.69, 9.17) is 4.42 Å². The molecule has 0 spiro atoms. The van der Waals surface area contributed by atoms with Gasteiger partial charge in [0.25, 0.3) is 0 Å². The van der Waals surface area contributed by atoms with E-state index in [0.717, 1.165) is 28.7 Å². The van der Waals surface area contributed by atoms with E-state index < -0.39 is 17.3 Å². The SMILES string of the molecule is CCN(C)c1ccc2cc(C(=O)N[S+]([O-])c3ccccc3-c3ccccc3)oc2c1. The molecule has 152 valence electrons. The van der Waals surface area contributed by atoms with Gasteiger partial charge in [0.05, 0.1) is 0 Å². The van der Waals surface area contributed by atoms with Gasteiger partial charge in [-0.2, -0.15) is 4.72 Å². The topological polar surface area (TPSA) is 68.5 Å². The number of hydrogen-bond donors (Lipinski definition) is 1. The molecule has 3 aromatic carbocycles. The molecule has 0 saturated heterocycles. The van der Waals surface area contributed by atoms with Crippen molar-refractivity contribution in [3.63, 3.8) is 0 Å². The first-order valence-corrected chi connectivity index (χ1v) is 10.8. The fraction of sp³-hybridized carbons (Fsp3) is 0.125. The van der Waals surface area contributed by atoms with Crippen molar-refractivity contribution in [3.05, 3.63) is 84.6 Å². The van der Waals surface area contributed by atoms with Gasteiger partial charge in [-0.25, -0.2) is 0 Å². The zero-order chi connectivity index (χ0) is 21.1. The molecule has 0 radical (unpaired) electrons. The summed E-state index contributed by atoms with van der Waals surface area (Å²) in [6.45, 7) is 2.92. The van der Waals surface area contributed by atoms with Crippen LogP contribution in [-0.4, -0.2) is 24.1 Å². The van der Waals surface area contributed by atoms with Crippen LogP contribution >= 0.6 is 0 Å². The zero-order valence-corrected chi connectivity index (χ0v) is 17.6. The molecule has 1 amide bonds. The second kappa shape index (κ2) is 8.65. The van der Waals surface area contributed by atoms with Gasteiger partial charge < -0.3 is 13.9 Å². The number of nitrogens with zero attached hydrogens (tertiary/aromatic N) is 1. The largest absolute Gasteiger partial charge is 0.588 e. The summed E-state index contributed by atoms with van der Waals surface area (Å²) >= 11 is -1.73. The smallest absolute Gasteiger partial charge is 0.328 e. The van der Waals surface area contributed by atoms with Crippen molar-refractivity contribution in [2.45, 2.75) is 11.8 Å². The molecule has 5 nitrogen and oxygen atoms in total. The normalized spacial score (nSPS) is 12.0. The van der Waals surface area contributed by atoms with Crippen molar-refractivity contribution in [3.8, 4) is 11.1 Å². The standard InChI is InChI=1S/C24H22N2O3S/c1-3-26(2)19-14-13-18-15-22(29-21(18)16-19)24(27)25-30(28)23-12-8-7-11-20(23)17-9-5-4-6-10-17/h4-16H,3H2,1-2H3,(H,25,27). The van der Waals surface area contributed by atoms with E-state index in [9.17, 15) is 9.35 Å². The molecular weight excluding hydrogens is 396 g/mol. The lowest BCUT2D eigenvalue weighted by Gasteiger charge is -2.16. The van der Waals surface area contributed by atoms with Crippen molar-refractivity contribution in [2.75, 3.05) is 18.5 Å². The van der Waals surface area contributed by atoms with Crippen molar-refractivity contribution in [1.82, 2.24) is 4.72 Å². The van der Waals surface area contributed by atoms with Crippen LogP contribution in [0.5, 0.6) is 0 Å². The first-order chi connectivity index (χ1) is 14.6. The van der Waals surface area contributed by atoms with E-state index >= 15 is 0 Å². The maximum absolute atomic E-state index is 13.0. The van der Waals surface area contributed by atoms with E-state index in [1.807, 2.05) is 67.7 Å². The predicted molar refractivity (Wildman–Crippen MR) is 121 cm³/mol. The number of fused-ring (bicyclic) bond motifs is 1. The monoisotopic (exact) mass is 418 g/mol. The number of anilines is 1. The molecule has 1 aromatic heterocycles. The lowest BCUT2D eigenvalue weighted by Crippen LogP contribution is -2.30. The summed E-state index contributed by atoms with van der Waals surface area (Å²) in [6, 6.07) is 24.5. The molecule has 1 unspecified atom stereocenters. The maximum Gasteiger partial charge on any atom is 0.328 e. The first kappa shape index (κ1) is 20.1. The second-order valence-electron chi connectivity index (χ2n) is 6.91. The Balaban J connectivity index is 1.57. The Morgan fingerprint density at radius 3 is 2.53 bits per heavy atom. The number of benzene rings is 3. The van der Waals surface area contributed by atoms with Crippen LogP contribution < -0.4 is 9.62 Å². The Morgan fingerprint density at radius 2 is 1.77 bits per heavy atom. The summed E-state index contributed by atoms with van der Waals surface area (Å²) in [4.78, 5) is 15.3.